The number of aryl methyl sites for hydroxylation is 1. The number of methoxy groups -OCH3 is 1. The van der Waals surface area contributed by atoms with E-state index in [2.05, 4.69) is 24.0 Å². The van der Waals surface area contributed by atoms with Crippen molar-refractivity contribution in [2.45, 2.75) is 19.4 Å². The number of aliphatic hydroxyl groups is 1. The van der Waals surface area contributed by atoms with Gasteiger partial charge in [0.2, 0.25) is 0 Å². The number of hydrogen-bond acceptors (Lipinski definition) is 4. The van der Waals surface area contributed by atoms with Gasteiger partial charge in [-0.1, -0.05) is 19.1 Å². The molecule has 0 saturated carbocycles. The molecule has 1 aliphatic rings. The molecular weight excluding hydrogens is 242 g/mol. The van der Waals surface area contributed by atoms with Crippen molar-refractivity contribution in [3.63, 3.8) is 0 Å². The number of hydrogen-bond donors (Lipinski definition) is 1. The second-order valence-corrected chi connectivity index (χ2v) is 4.78. The van der Waals surface area contributed by atoms with Crippen molar-refractivity contribution in [2.75, 3.05) is 40.0 Å². The van der Waals surface area contributed by atoms with Crippen LogP contribution >= 0.6 is 0 Å². The Morgan fingerprint density at radius 2 is 2.11 bits per heavy atom. The van der Waals surface area contributed by atoms with Crippen LogP contribution in [0.25, 0.3) is 0 Å². The van der Waals surface area contributed by atoms with Gasteiger partial charge < -0.3 is 14.6 Å². The Hall–Kier alpha value is -1.10. The van der Waals surface area contributed by atoms with E-state index in [1.165, 1.54) is 5.56 Å². The molecule has 0 aliphatic carbocycles. The summed E-state index contributed by atoms with van der Waals surface area (Å²) in [5.41, 5.74) is 2.34. The fourth-order valence-electron chi connectivity index (χ4n) is 2.56. The van der Waals surface area contributed by atoms with E-state index >= 15 is 0 Å². The Morgan fingerprint density at radius 1 is 1.37 bits per heavy atom. The molecular formula is C15H23NO3. The van der Waals surface area contributed by atoms with Gasteiger partial charge in [-0.2, -0.15) is 0 Å². The van der Waals surface area contributed by atoms with E-state index in [1.54, 1.807) is 7.11 Å². The highest BCUT2D eigenvalue weighted by atomic mass is 16.5. The molecule has 1 aromatic rings. The summed E-state index contributed by atoms with van der Waals surface area (Å²) in [5, 5.41) is 9.78. The van der Waals surface area contributed by atoms with Crippen LogP contribution in [0.1, 0.15) is 24.1 Å². The van der Waals surface area contributed by atoms with Crippen molar-refractivity contribution >= 4 is 0 Å². The summed E-state index contributed by atoms with van der Waals surface area (Å²) in [4.78, 5) is 2.26. The van der Waals surface area contributed by atoms with Crippen LogP contribution < -0.4 is 4.74 Å². The Kier molecular flexibility index (Phi) is 5.19. The third kappa shape index (κ3) is 3.26. The largest absolute Gasteiger partial charge is 0.496 e. The second-order valence-electron chi connectivity index (χ2n) is 4.78. The minimum Gasteiger partial charge on any atom is -0.496 e. The van der Waals surface area contributed by atoms with Gasteiger partial charge >= 0.3 is 0 Å². The van der Waals surface area contributed by atoms with E-state index in [-0.39, 0.29) is 12.6 Å². The molecule has 1 N–H and O–H groups in total. The molecule has 1 heterocycles. The molecule has 0 bridgehead atoms. The van der Waals surface area contributed by atoms with Gasteiger partial charge in [-0.25, -0.2) is 0 Å². The molecule has 4 nitrogen and oxygen atoms in total. The molecule has 19 heavy (non-hydrogen) atoms. The summed E-state index contributed by atoms with van der Waals surface area (Å²) in [6.45, 7) is 5.39. The molecule has 106 valence electrons. The average Bonchev–Trinajstić information content (AvgIpc) is 2.49. The lowest BCUT2D eigenvalue weighted by Crippen LogP contribution is -2.40. The van der Waals surface area contributed by atoms with Crippen LogP contribution in [0, 0.1) is 0 Å². The minimum absolute atomic E-state index is 0.00894. The van der Waals surface area contributed by atoms with E-state index in [4.69, 9.17) is 9.47 Å². The normalized spacial score (nSPS) is 18.3. The van der Waals surface area contributed by atoms with Gasteiger partial charge in [0.05, 0.1) is 33.0 Å². The first-order chi connectivity index (χ1) is 9.30. The van der Waals surface area contributed by atoms with Crippen LogP contribution in [0.15, 0.2) is 18.2 Å². The topological polar surface area (TPSA) is 41.9 Å². The zero-order chi connectivity index (χ0) is 13.7. The third-order valence-electron chi connectivity index (χ3n) is 3.72. The maximum Gasteiger partial charge on any atom is 0.123 e. The van der Waals surface area contributed by atoms with Gasteiger partial charge in [0, 0.05) is 18.7 Å². The summed E-state index contributed by atoms with van der Waals surface area (Å²) in [5.74, 6) is 0.850. The zero-order valence-corrected chi connectivity index (χ0v) is 11.8. The van der Waals surface area contributed by atoms with Crippen LogP contribution in [-0.2, 0) is 11.2 Å². The zero-order valence-electron chi connectivity index (χ0n) is 11.8. The van der Waals surface area contributed by atoms with Crippen LogP contribution in [-0.4, -0.2) is 50.0 Å². The van der Waals surface area contributed by atoms with Crippen LogP contribution in [0.3, 0.4) is 0 Å². The van der Waals surface area contributed by atoms with Crippen molar-refractivity contribution in [3.05, 3.63) is 29.3 Å². The van der Waals surface area contributed by atoms with E-state index in [0.29, 0.717) is 0 Å². The molecule has 0 amide bonds. The molecule has 0 spiro atoms. The average molecular weight is 265 g/mol. The fourth-order valence-corrected chi connectivity index (χ4v) is 2.56. The molecule has 0 aromatic heterocycles. The summed E-state index contributed by atoms with van der Waals surface area (Å²) in [7, 11) is 1.68. The van der Waals surface area contributed by atoms with Gasteiger partial charge in [-0.05, 0) is 18.1 Å². The summed E-state index contributed by atoms with van der Waals surface area (Å²) in [6.07, 6.45) is 0.984. The monoisotopic (exact) mass is 265 g/mol. The van der Waals surface area contributed by atoms with Gasteiger partial charge in [-0.3, -0.25) is 4.90 Å². The van der Waals surface area contributed by atoms with Gasteiger partial charge in [0.25, 0.3) is 0 Å². The lowest BCUT2D eigenvalue weighted by Gasteiger charge is -2.34. The number of nitrogens with zero attached hydrogens (tertiary/aromatic N) is 1. The Balaban J connectivity index is 2.29. The first-order valence-electron chi connectivity index (χ1n) is 6.89. The second kappa shape index (κ2) is 6.89. The van der Waals surface area contributed by atoms with Crippen LogP contribution in [0.2, 0.25) is 0 Å². The molecule has 2 rings (SSSR count). The van der Waals surface area contributed by atoms with E-state index < -0.39 is 0 Å². The SMILES string of the molecule is CCc1ccc(OC)c(C(CO)N2CCOCC2)c1. The number of rotatable bonds is 5. The Morgan fingerprint density at radius 3 is 2.68 bits per heavy atom. The maximum absolute atomic E-state index is 9.78. The molecule has 1 aliphatic heterocycles. The third-order valence-corrected chi connectivity index (χ3v) is 3.72. The first-order valence-corrected chi connectivity index (χ1v) is 6.89. The standard InChI is InChI=1S/C15H23NO3/c1-3-12-4-5-15(18-2)13(10-12)14(11-17)16-6-8-19-9-7-16/h4-5,10,14,17H,3,6-9,11H2,1-2H3. The molecule has 1 aromatic carbocycles. The van der Waals surface area contributed by atoms with Crippen molar-refractivity contribution in [1.82, 2.24) is 4.90 Å². The predicted octanol–water partition coefficient (Wildman–Crippen LogP) is 1.62. The molecule has 1 fully saturated rings. The van der Waals surface area contributed by atoms with Crippen molar-refractivity contribution in [1.29, 1.82) is 0 Å². The Bertz CT molecular complexity index is 402. The van der Waals surface area contributed by atoms with Gasteiger partial charge in [0.1, 0.15) is 5.75 Å². The van der Waals surface area contributed by atoms with Crippen molar-refractivity contribution in [3.8, 4) is 5.75 Å². The lowest BCUT2D eigenvalue weighted by molar-refractivity contribution is 0.00203. The van der Waals surface area contributed by atoms with E-state index in [0.717, 1.165) is 44.0 Å². The highest BCUT2D eigenvalue weighted by Crippen LogP contribution is 2.30. The highest BCUT2D eigenvalue weighted by molar-refractivity contribution is 5.39. The fraction of sp³-hybridized carbons (Fsp3) is 0.600. The summed E-state index contributed by atoms with van der Waals surface area (Å²) in [6, 6.07) is 6.22. The summed E-state index contributed by atoms with van der Waals surface area (Å²) >= 11 is 0. The minimum atomic E-state index is -0.00894. The van der Waals surface area contributed by atoms with E-state index in [1.807, 2.05) is 6.07 Å². The smallest absolute Gasteiger partial charge is 0.123 e. The van der Waals surface area contributed by atoms with Crippen LogP contribution in [0.5, 0.6) is 5.75 Å². The predicted molar refractivity (Wildman–Crippen MR) is 74.6 cm³/mol. The molecule has 1 saturated heterocycles. The summed E-state index contributed by atoms with van der Waals surface area (Å²) < 4.78 is 10.8. The molecule has 1 unspecified atom stereocenters. The molecule has 0 radical (unpaired) electrons. The Labute approximate surface area is 114 Å². The van der Waals surface area contributed by atoms with Gasteiger partial charge in [0.15, 0.2) is 0 Å². The maximum atomic E-state index is 9.78. The molecule has 1 atom stereocenters. The highest BCUT2D eigenvalue weighted by Gasteiger charge is 2.24. The van der Waals surface area contributed by atoms with Crippen LogP contribution in [0.4, 0.5) is 0 Å². The quantitative estimate of drug-likeness (QED) is 0.878. The van der Waals surface area contributed by atoms with Gasteiger partial charge in [-0.15, -0.1) is 0 Å². The van der Waals surface area contributed by atoms with E-state index in [9.17, 15) is 5.11 Å². The number of morpholine rings is 1. The number of ether oxygens (including phenoxy) is 2. The molecule has 4 heteroatoms. The van der Waals surface area contributed by atoms with Crippen molar-refractivity contribution in [2.24, 2.45) is 0 Å². The van der Waals surface area contributed by atoms with Crippen molar-refractivity contribution < 1.29 is 14.6 Å². The number of aliphatic hydroxyl groups excluding tert-OH is 1. The number of benzene rings is 1. The lowest BCUT2D eigenvalue weighted by atomic mass is 10.00. The first kappa shape index (κ1) is 14.3.